The normalized spacial score (nSPS) is 11.0. The first-order valence-electron chi connectivity index (χ1n) is 5.91. The van der Waals surface area contributed by atoms with Crippen LogP contribution in [-0.4, -0.2) is 16.2 Å². The van der Waals surface area contributed by atoms with Crippen LogP contribution in [-0.2, 0) is 0 Å². The highest BCUT2D eigenvalue weighted by molar-refractivity contribution is 5.96. The minimum absolute atomic E-state index is 0.00343. The maximum atomic E-state index is 13.3. The third-order valence-corrected chi connectivity index (χ3v) is 2.91. The van der Waals surface area contributed by atoms with Gasteiger partial charge in [-0.25, -0.2) is 9.18 Å². The number of aromatic carboxylic acids is 1. The lowest BCUT2D eigenvalue weighted by molar-refractivity contribution is 0.0694. The number of carboxylic acids is 1. The molecule has 0 amide bonds. The van der Waals surface area contributed by atoms with E-state index in [2.05, 4.69) is 5.16 Å². The van der Waals surface area contributed by atoms with Crippen LogP contribution in [0.4, 0.5) is 4.39 Å². The van der Waals surface area contributed by atoms with Crippen molar-refractivity contribution in [1.82, 2.24) is 5.16 Å². The highest BCUT2D eigenvalue weighted by atomic mass is 19.1. The van der Waals surface area contributed by atoms with Crippen molar-refractivity contribution in [2.45, 2.75) is 26.7 Å². The molecule has 100 valence electrons. The highest BCUT2D eigenvalue weighted by Gasteiger charge is 2.26. The zero-order valence-electron chi connectivity index (χ0n) is 10.9. The standard InChI is InChI=1S/C14H14FNO3/c1-7(2)13-11(14(17)18)12(16-19-13)10-6-9(15)5-4-8(10)3/h4-7H,1-3H3,(H,17,18). The van der Waals surface area contributed by atoms with Crippen LogP contribution in [0.1, 0.15) is 41.4 Å². The summed E-state index contributed by atoms with van der Waals surface area (Å²) < 4.78 is 18.4. The predicted octanol–water partition coefficient (Wildman–Crippen LogP) is 3.61. The van der Waals surface area contributed by atoms with E-state index in [4.69, 9.17) is 4.52 Å². The molecule has 0 unspecified atom stereocenters. The molecule has 0 radical (unpaired) electrons. The lowest BCUT2D eigenvalue weighted by Gasteiger charge is -2.04. The van der Waals surface area contributed by atoms with Gasteiger partial charge in [-0.05, 0) is 24.6 Å². The monoisotopic (exact) mass is 263 g/mol. The molecule has 4 nitrogen and oxygen atoms in total. The van der Waals surface area contributed by atoms with Crippen molar-refractivity contribution >= 4 is 5.97 Å². The molecule has 19 heavy (non-hydrogen) atoms. The minimum atomic E-state index is -1.12. The first kappa shape index (κ1) is 13.3. The van der Waals surface area contributed by atoms with Gasteiger partial charge in [0.1, 0.15) is 17.1 Å². The third-order valence-electron chi connectivity index (χ3n) is 2.91. The molecular weight excluding hydrogens is 249 g/mol. The average Bonchev–Trinajstić information content (AvgIpc) is 2.76. The number of benzene rings is 1. The Hall–Kier alpha value is -2.17. The molecule has 2 aromatic rings. The Morgan fingerprint density at radius 2 is 2.11 bits per heavy atom. The van der Waals surface area contributed by atoms with Gasteiger partial charge < -0.3 is 9.63 Å². The summed E-state index contributed by atoms with van der Waals surface area (Å²) in [5.74, 6) is -1.37. The van der Waals surface area contributed by atoms with Gasteiger partial charge in [-0.3, -0.25) is 0 Å². The van der Waals surface area contributed by atoms with Gasteiger partial charge >= 0.3 is 5.97 Å². The van der Waals surface area contributed by atoms with Gasteiger partial charge in [0.05, 0.1) is 0 Å². The number of halogens is 1. The first-order chi connectivity index (χ1) is 8.91. The van der Waals surface area contributed by atoms with Crippen molar-refractivity contribution < 1.29 is 18.8 Å². The number of nitrogens with zero attached hydrogens (tertiary/aromatic N) is 1. The molecule has 1 aromatic carbocycles. The van der Waals surface area contributed by atoms with E-state index in [0.717, 1.165) is 5.56 Å². The molecule has 2 rings (SSSR count). The Bertz CT molecular complexity index is 632. The lowest BCUT2D eigenvalue weighted by atomic mass is 9.98. The molecule has 0 spiro atoms. The molecule has 0 aliphatic rings. The molecule has 0 saturated heterocycles. The van der Waals surface area contributed by atoms with Crippen molar-refractivity contribution in [3.05, 3.63) is 40.9 Å². The maximum absolute atomic E-state index is 13.3. The smallest absolute Gasteiger partial charge is 0.341 e. The molecule has 0 bridgehead atoms. The zero-order valence-corrected chi connectivity index (χ0v) is 10.9. The van der Waals surface area contributed by atoms with Gasteiger partial charge in [0.15, 0.2) is 5.76 Å². The number of carbonyl (C=O) groups is 1. The third kappa shape index (κ3) is 2.36. The van der Waals surface area contributed by atoms with Crippen LogP contribution in [0.25, 0.3) is 11.3 Å². The fraction of sp³-hybridized carbons (Fsp3) is 0.286. The number of aromatic nitrogens is 1. The van der Waals surface area contributed by atoms with Gasteiger partial charge in [0.25, 0.3) is 0 Å². The number of rotatable bonds is 3. The number of carboxylic acid groups (broad SMARTS) is 1. The molecule has 0 aliphatic heterocycles. The van der Waals surface area contributed by atoms with Crippen LogP contribution in [0.15, 0.2) is 22.7 Å². The summed E-state index contributed by atoms with van der Waals surface area (Å²) in [4.78, 5) is 11.4. The number of hydrogen-bond acceptors (Lipinski definition) is 3. The fourth-order valence-electron chi connectivity index (χ4n) is 1.94. The Labute approximate surface area is 109 Å². The van der Waals surface area contributed by atoms with Crippen LogP contribution >= 0.6 is 0 Å². The van der Waals surface area contributed by atoms with E-state index in [1.807, 2.05) is 13.8 Å². The van der Waals surface area contributed by atoms with Gasteiger partial charge in [-0.1, -0.05) is 25.1 Å². The van der Waals surface area contributed by atoms with Gasteiger partial charge in [-0.15, -0.1) is 0 Å². The minimum Gasteiger partial charge on any atom is -0.477 e. The second-order valence-electron chi connectivity index (χ2n) is 4.69. The summed E-state index contributed by atoms with van der Waals surface area (Å²) in [5, 5.41) is 13.1. The summed E-state index contributed by atoms with van der Waals surface area (Å²) in [6.45, 7) is 5.40. The van der Waals surface area contributed by atoms with E-state index >= 15 is 0 Å². The van der Waals surface area contributed by atoms with Crippen LogP contribution in [0, 0.1) is 12.7 Å². The molecule has 1 N–H and O–H groups in total. The van der Waals surface area contributed by atoms with Crippen molar-refractivity contribution in [2.24, 2.45) is 0 Å². The van der Waals surface area contributed by atoms with Crippen LogP contribution in [0.5, 0.6) is 0 Å². The van der Waals surface area contributed by atoms with E-state index in [-0.39, 0.29) is 17.2 Å². The second-order valence-corrected chi connectivity index (χ2v) is 4.69. The highest BCUT2D eigenvalue weighted by Crippen LogP contribution is 2.31. The van der Waals surface area contributed by atoms with Crippen LogP contribution in [0.3, 0.4) is 0 Å². The van der Waals surface area contributed by atoms with E-state index in [1.54, 1.807) is 13.0 Å². The Morgan fingerprint density at radius 1 is 1.42 bits per heavy atom. The maximum Gasteiger partial charge on any atom is 0.341 e. The molecule has 1 aromatic heterocycles. The predicted molar refractivity (Wildman–Crippen MR) is 67.7 cm³/mol. The van der Waals surface area contributed by atoms with E-state index in [1.165, 1.54) is 12.1 Å². The van der Waals surface area contributed by atoms with Gasteiger partial charge in [0, 0.05) is 11.5 Å². The molecule has 0 atom stereocenters. The second kappa shape index (κ2) is 4.84. The number of hydrogen-bond donors (Lipinski definition) is 1. The Kier molecular flexibility index (Phi) is 3.38. The Balaban J connectivity index is 2.69. The Morgan fingerprint density at radius 3 is 2.68 bits per heavy atom. The summed E-state index contributed by atoms with van der Waals surface area (Å²) >= 11 is 0. The summed E-state index contributed by atoms with van der Waals surface area (Å²) in [7, 11) is 0. The van der Waals surface area contributed by atoms with Gasteiger partial charge in [0.2, 0.25) is 0 Å². The van der Waals surface area contributed by atoms with Crippen molar-refractivity contribution in [2.75, 3.05) is 0 Å². The zero-order chi connectivity index (χ0) is 14.2. The molecule has 5 heteroatoms. The average molecular weight is 263 g/mol. The van der Waals surface area contributed by atoms with E-state index < -0.39 is 11.8 Å². The fourth-order valence-corrected chi connectivity index (χ4v) is 1.94. The summed E-state index contributed by atoms with van der Waals surface area (Å²) in [5.41, 5.74) is 1.36. The van der Waals surface area contributed by atoms with Gasteiger partial charge in [-0.2, -0.15) is 0 Å². The topological polar surface area (TPSA) is 63.3 Å². The summed E-state index contributed by atoms with van der Waals surface area (Å²) in [6.07, 6.45) is 0. The molecule has 0 aliphatic carbocycles. The number of aryl methyl sites for hydroxylation is 1. The largest absolute Gasteiger partial charge is 0.477 e. The first-order valence-corrected chi connectivity index (χ1v) is 5.91. The summed E-state index contributed by atoms with van der Waals surface area (Å²) in [6, 6.07) is 4.17. The van der Waals surface area contributed by atoms with Crippen molar-refractivity contribution in [3.63, 3.8) is 0 Å². The molecular formula is C14H14FNO3. The van der Waals surface area contributed by atoms with E-state index in [9.17, 15) is 14.3 Å². The molecule has 1 heterocycles. The van der Waals surface area contributed by atoms with Crippen molar-refractivity contribution in [1.29, 1.82) is 0 Å². The molecule has 0 saturated carbocycles. The van der Waals surface area contributed by atoms with Crippen LogP contribution in [0.2, 0.25) is 0 Å². The van der Waals surface area contributed by atoms with Crippen LogP contribution < -0.4 is 0 Å². The quantitative estimate of drug-likeness (QED) is 0.918. The van der Waals surface area contributed by atoms with Crippen molar-refractivity contribution in [3.8, 4) is 11.3 Å². The van der Waals surface area contributed by atoms with E-state index in [0.29, 0.717) is 11.3 Å². The lowest BCUT2D eigenvalue weighted by Crippen LogP contribution is -2.03. The molecule has 0 fully saturated rings. The SMILES string of the molecule is Cc1ccc(F)cc1-c1noc(C(C)C)c1C(=O)O.